The summed E-state index contributed by atoms with van der Waals surface area (Å²) < 4.78 is 10.8. The molecular formula is C15H23NO2. The Morgan fingerprint density at radius 1 is 1.17 bits per heavy atom. The largest absolute Gasteiger partial charge is 0.497 e. The molecule has 0 amide bonds. The number of piperidine rings is 1. The summed E-state index contributed by atoms with van der Waals surface area (Å²) in [4.78, 5) is 0. The third-order valence-corrected chi connectivity index (χ3v) is 4.22. The summed E-state index contributed by atoms with van der Waals surface area (Å²) in [5.41, 5.74) is 1.58. The van der Waals surface area contributed by atoms with Gasteiger partial charge >= 0.3 is 0 Å². The third-order valence-electron chi connectivity index (χ3n) is 4.22. The molecule has 1 aromatic rings. The molecule has 0 unspecified atom stereocenters. The van der Waals surface area contributed by atoms with Gasteiger partial charge in [-0.2, -0.15) is 0 Å². The Kier molecular flexibility index (Phi) is 4.12. The Hall–Kier alpha value is -1.22. The fourth-order valence-electron chi connectivity index (χ4n) is 2.96. The van der Waals surface area contributed by atoms with E-state index in [-0.39, 0.29) is 5.41 Å². The van der Waals surface area contributed by atoms with E-state index in [9.17, 15) is 0 Å². The van der Waals surface area contributed by atoms with E-state index in [4.69, 9.17) is 9.47 Å². The van der Waals surface area contributed by atoms with Crippen LogP contribution in [0.25, 0.3) is 0 Å². The maximum absolute atomic E-state index is 5.57. The van der Waals surface area contributed by atoms with Crippen molar-refractivity contribution in [2.24, 2.45) is 0 Å². The van der Waals surface area contributed by atoms with Crippen molar-refractivity contribution in [2.75, 3.05) is 27.3 Å². The van der Waals surface area contributed by atoms with Crippen LogP contribution in [-0.2, 0) is 5.41 Å². The van der Waals surface area contributed by atoms with Crippen LogP contribution in [0.1, 0.15) is 31.7 Å². The minimum absolute atomic E-state index is 0.253. The Balaban J connectivity index is 2.40. The zero-order valence-corrected chi connectivity index (χ0v) is 11.6. The summed E-state index contributed by atoms with van der Waals surface area (Å²) in [6.07, 6.45) is 3.50. The van der Waals surface area contributed by atoms with Gasteiger partial charge in [-0.15, -0.1) is 0 Å². The van der Waals surface area contributed by atoms with Gasteiger partial charge in [0.1, 0.15) is 11.5 Å². The molecule has 1 aromatic carbocycles. The first-order valence-electron chi connectivity index (χ1n) is 6.69. The molecule has 3 nitrogen and oxygen atoms in total. The van der Waals surface area contributed by atoms with Crippen molar-refractivity contribution in [3.63, 3.8) is 0 Å². The van der Waals surface area contributed by atoms with E-state index in [1.165, 1.54) is 18.4 Å². The molecule has 0 aromatic heterocycles. The maximum Gasteiger partial charge on any atom is 0.126 e. The van der Waals surface area contributed by atoms with E-state index >= 15 is 0 Å². The predicted molar refractivity (Wildman–Crippen MR) is 73.6 cm³/mol. The molecule has 0 aliphatic carbocycles. The van der Waals surface area contributed by atoms with Crippen LogP contribution in [0, 0.1) is 0 Å². The first kappa shape index (κ1) is 13.2. The van der Waals surface area contributed by atoms with Crippen molar-refractivity contribution in [3.05, 3.63) is 23.8 Å². The monoisotopic (exact) mass is 249 g/mol. The quantitative estimate of drug-likeness (QED) is 0.890. The third kappa shape index (κ3) is 2.32. The average Bonchev–Trinajstić information content (AvgIpc) is 2.47. The number of hydrogen-bond acceptors (Lipinski definition) is 3. The lowest BCUT2D eigenvalue weighted by Gasteiger charge is -2.38. The Morgan fingerprint density at radius 3 is 2.44 bits per heavy atom. The highest BCUT2D eigenvalue weighted by molar-refractivity contribution is 5.45. The molecule has 0 bridgehead atoms. The highest BCUT2D eigenvalue weighted by Gasteiger charge is 2.34. The normalized spacial score (nSPS) is 18.4. The summed E-state index contributed by atoms with van der Waals surface area (Å²) >= 11 is 0. The number of nitrogens with one attached hydrogen (secondary N) is 1. The van der Waals surface area contributed by atoms with Gasteiger partial charge in [-0.3, -0.25) is 0 Å². The number of benzene rings is 1. The topological polar surface area (TPSA) is 30.5 Å². The first-order chi connectivity index (χ1) is 8.75. The molecule has 1 saturated heterocycles. The lowest BCUT2D eigenvalue weighted by Crippen LogP contribution is -2.39. The van der Waals surface area contributed by atoms with Crippen LogP contribution in [0.3, 0.4) is 0 Å². The Labute approximate surface area is 109 Å². The molecular weight excluding hydrogens is 226 g/mol. The molecule has 0 saturated carbocycles. The second kappa shape index (κ2) is 5.61. The number of rotatable bonds is 4. The Morgan fingerprint density at radius 2 is 1.89 bits per heavy atom. The summed E-state index contributed by atoms with van der Waals surface area (Å²) in [6, 6.07) is 6.21. The van der Waals surface area contributed by atoms with Gasteiger partial charge in [0.15, 0.2) is 0 Å². The molecule has 1 heterocycles. The maximum atomic E-state index is 5.57. The molecule has 0 atom stereocenters. The molecule has 1 aliphatic heterocycles. The molecule has 0 spiro atoms. The van der Waals surface area contributed by atoms with Crippen molar-refractivity contribution in [2.45, 2.75) is 31.6 Å². The van der Waals surface area contributed by atoms with Crippen molar-refractivity contribution >= 4 is 0 Å². The molecule has 1 N–H and O–H groups in total. The first-order valence-corrected chi connectivity index (χ1v) is 6.69. The van der Waals surface area contributed by atoms with Gasteiger partial charge < -0.3 is 14.8 Å². The van der Waals surface area contributed by atoms with E-state index in [0.29, 0.717) is 0 Å². The Bertz CT molecular complexity index is 397. The van der Waals surface area contributed by atoms with E-state index in [1.807, 2.05) is 12.1 Å². The fraction of sp³-hybridized carbons (Fsp3) is 0.600. The van der Waals surface area contributed by atoms with Crippen LogP contribution in [0.2, 0.25) is 0 Å². The minimum Gasteiger partial charge on any atom is -0.497 e. The van der Waals surface area contributed by atoms with Crippen LogP contribution in [0.4, 0.5) is 0 Å². The van der Waals surface area contributed by atoms with E-state index in [0.717, 1.165) is 31.0 Å². The van der Waals surface area contributed by atoms with Gasteiger partial charge in [-0.25, -0.2) is 0 Å². The van der Waals surface area contributed by atoms with Gasteiger partial charge in [0.25, 0.3) is 0 Å². The molecule has 18 heavy (non-hydrogen) atoms. The molecule has 2 rings (SSSR count). The van der Waals surface area contributed by atoms with Gasteiger partial charge in [0, 0.05) is 17.0 Å². The van der Waals surface area contributed by atoms with Crippen LogP contribution >= 0.6 is 0 Å². The van der Waals surface area contributed by atoms with Crippen molar-refractivity contribution in [1.82, 2.24) is 5.32 Å². The predicted octanol–water partition coefficient (Wildman–Crippen LogP) is 2.74. The average molecular weight is 249 g/mol. The molecule has 0 radical (unpaired) electrons. The number of hydrogen-bond donors (Lipinski definition) is 1. The molecule has 100 valence electrons. The minimum atomic E-state index is 0.253. The van der Waals surface area contributed by atoms with Crippen LogP contribution in [-0.4, -0.2) is 27.3 Å². The fourth-order valence-corrected chi connectivity index (χ4v) is 2.96. The second-order valence-corrected chi connectivity index (χ2v) is 4.95. The zero-order valence-electron chi connectivity index (χ0n) is 11.6. The summed E-state index contributed by atoms with van der Waals surface area (Å²) in [5, 5.41) is 3.44. The number of methoxy groups -OCH3 is 2. The van der Waals surface area contributed by atoms with Crippen LogP contribution in [0.15, 0.2) is 18.2 Å². The van der Waals surface area contributed by atoms with E-state index in [2.05, 4.69) is 18.3 Å². The van der Waals surface area contributed by atoms with Crippen molar-refractivity contribution in [1.29, 1.82) is 0 Å². The second-order valence-electron chi connectivity index (χ2n) is 4.95. The summed E-state index contributed by atoms with van der Waals surface area (Å²) in [5.74, 6) is 1.81. The van der Waals surface area contributed by atoms with Crippen molar-refractivity contribution < 1.29 is 9.47 Å². The highest BCUT2D eigenvalue weighted by Crippen LogP contribution is 2.42. The zero-order chi connectivity index (χ0) is 13.0. The van der Waals surface area contributed by atoms with E-state index < -0.39 is 0 Å². The van der Waals surface area contributed by atoms with E-state index in [1.54, 1.807) is 14.2 Å². The van der Waals surface area contributed by atoms with Gasteiger partial charge in [0.05, 0.1) is 14.2 Å². The molecule has 1 aliphatic rings. The SMILES string of the molecule is CCC1(c2ccc(OC)cc2OC)CCNCC1. The van der Waals surface area contributed by atoms with Gasteiger partial charge in [-0.1, -0.05) is 13.0 Å². The standard InChI is InChI=1S/C15H23NO2/c1-4-15(7-9-16-10-8-15)13-6-5-12(17-2)11-14(13)18-3/h5-6,11,16H,4,7-10H2,1-3H3. The lowest BCUT2D eigenvalue weighted by molar-refractivity contribution is 0.284. The van der Waals surface area contributed by atoms with Gasteiger partial charge in [-0.05, 0) is 38.4 Å². The highest BCUT2D eigenvalue weighted by atomic mass is 16.5. The smallest absolute Gasteiger partial charge is 0.126 e. The van der Waals surface area contributed by atoms with Crippen LogP contribution in [0.5, 0.6) is 11.5 Å². The molecule has 1 fully saturated rings. The molecule has 3 heteroatoms. The van der Waals surface area contributed by atoms with Crippen LogP contribution < -0.4 is 14.8 Å². The lowest BCUT2D eigenvalue weighted by atomic mass is 9.71. The van der Waals surface area contributed by atoms with Gasteiger partial charge in [0.2, 0.25) is 0 Å². The van der Waals surface area contributed by atoms with Crippen molar-refractivity contribution in [3.8, 4) is 11.5 Å². The number of ether oxygens (including phenoxy) is 2. The summed E-state index contributed by atoms with van der Waals surface area (Å²) in [6.45, 7) is 4.45. The summed E-state index contributed by atoms with van der Waals surface area (Å²) in [7, 11) is 3.43.